The Morgan fingerprint density at radius 1 is 1.06 bits per heavy atom. The summed E-state index contributed by atoms with van der Waals surface area (Å²) in [5, 5.41) is 6.42. The Kier molecular flexibility index (Phi) is 6.97. The van der Waals surface area contributed by atoms with Crippen molar-refractivity contribution < 1.29 is 22.7 Å². The van der Waals surface area contributed by atoms with Crippen molar-refractivity contribution in [2.75, 3.05) is 55.0 Å². The van der Waals surface area contributed by atoms with Crippen LogP contribution in [0.3, 0.4) is 0 Å². The predicted octanol–water partition coefficient (Wildman–Crippen LogP) is 4.54. The van der Waals surface area contributed by atoms with Crippen molar-refractivity contribution in [3.8, 4) is 5.75 Å². The lowest BCUT2D eigenvalue weighted by atomic mass is 9.96. The molecule has 1 saturated heterocycles. The number of hydrogen-bond acceptors (Lipinski definition) is 5. The van der Waals surface area contributed by atoms with Crippen molar-refractivity contribution in [2.24, 2.45) is 5.92 Å². The largest absolute Gasteiger partial charge is 0.481 e. The quantitative estimate of drug-likeness (QED) is 0.592. The molecule has 0 saturated carbocycles. The minimum atomic E-state index is -4.10. The van der Waals surface area contributed by atoms with Gasteiger partial charge in [0.25, 0.3) is 5.91 Å². The number of benzene rings is 2. The number of rotatable bonds is 7. The molecule has 2 aromatic carbocycles. The fourth-order valence-corrected chi connectivity index (χ4v) is 4.33. The Bertz CT molecular complexity index is 957. The summed E-state index contributed by atoms with van der Waals surface area (Å²) >= 11 is 0. The van der Waals surface area contributed by atoms with Crippen LogP contribution in [0.1, 0.15) is 19.3 Å². The molecular weight excluding hydrogens is 433 g/mol. The summed E-state index contributed by atoms with van der Waals surface area (Å²) in [6.45, 7) is 2.29. The summed E-state index contributed by atoms with van der Waals surface area (Å²) in [5.74, 6) is -0.585. The molecule has 6 nitrogen and oxygen atoms in total. The molecule has 2 aliphatic rings. The van der Waals surface area contributed by atoms with Gasteiger partial charge in [-0.25, -0.2) is 0 Å². The van der Waals surface area contributed by atoms with Gasteiger partial charge in [0.05, 0.1) is 11.6 Å². The normalized spacial score (nSPS) is 17.0. The van der Waals surface area contributed by atoms with Crippen LogP contribution in [0.5, 0.6) is 5.75 Å². The maximum absolute atomic E-state index is 12.9. The lowest BCUT2D eigenvalue weighted by molar-refractivity contribution is -0.179. The van der Waals surface area contributed by atoms with E-state index in [9.17, 15) is 18.0 Å². The van der Waals surface area contributed by atoms with Gasteiger partial charge in [-0.05, 0) is 69.3 Å². The highest BCUT2D eigenvalue weighted by Crippen LogP contribution is 2.37. The van der Waals surface area contributed by atoms with Crippen molar-refractivity contribution in [1.29, 1.82) is 0 Å². The molecule has 2 N–H and O–H groups in total. The average molecular weight is 463 g/mol. The maximum Gasteiger partial charge on any atom is 0.391 e. The van der Waals surface area contributed by atoms with E-state index in [2.05, 4.69) is 10.6 Å². The molecule has 0 spiro atoms. The van der Waals surface area contributed by atoms with Crippen LogP contribution in [-0.4, -0.2) is 51.9 Å². The number of nitrogens with zero attached hydrogens (tertiary/aromatic N) is 2. The van der Waals surface area contributed by atoms with Crippen molar-refractivity contribution in [3.05, 3.63) is 42.5 Å². The molecule has 0 bridgehead atoms. The minimum absolute atomic E-state index is 0.0235. The Morgan fingerprint density at radius 3 is 2.42 bits per heavy atom. The SMILES string of the molecule is CNCCCN1C(=O)COc2cc(Nc3ccc(N4CCC(C(F)(F)F)CC4)cc3)ccc21. The van der Waals surface area contributed by atoms with E-state index in [4.69, 9.17) is 4.74 Å². The second-order valence-corrected chi connectivity index (χ2v) is 8.45. The number of anilines is 4. The zero-order valence-electron chi connectivity index (χ0n) is 18.6. The second-order valence-electron chi connectivity index (χ2n) is 8.45. The van der Waals surface area contributed by atoms with Crippen LogP contribution in [-0.2, 0) is 4.79 Å². The zero-order valence-corrected chi connectivity index (χ0v) is 18.6. The molecule has 1 fully saturated rings. The minimum Gasteiger partial charge on any atom is -0.481 e. The molecule has 2 aromatic rings. The highest BCUT2D eigenvalue weighted by Gasteiger charge is 2.41. The zero-order chi connectivity index (χ0) is 23.4. The van der Waals surface area contributed by atoms with Gasteiger partial charge in [0.15, 0.2) is 6.61 Å². The third kappa shape index (κ3) is 5.52. The van der Waals surface area contributed by atoms with Gasteiger partial charge in [-0.15, -0.1) is 0 Å². The summed E-state index contributed by atoms with van der Waals surface area (Å²) < 4.78 is 44.3. The molecule has 178 valence electrons. The van der Waals surface area contributed by atoms with Crippen LogP contribution in [0.4, 0.5) is 35.9 Å². The number of carbonyl (C=O) groups excluding carboxylic acids is 1. The molecule has 0 aliphatic carbocycles. The Hall–Kier alpha value is -2.94. The van der Waals surface area contributed by atoms with Crippen LogP contribution in [0.2, 0.25) is 0 Å². The van der Waals surface area contributed by atoms with Crippen molar-refractivity contribution in [2.45, 2.75) is 25.4 Å². The fraction of sp³-hybridized carbons (Fsp3) is 0.458. The summed E-state index contributed by atoms with van der Waals surface area (Å²) in [4.78, 5) is 16.0. The van der Waals surface area contributed by atoms with E-state index in [0.29, 0.717) is 25.4 Å². The van der Waals surface area contributed by atoms with Gasteiger partial charge in [-0.3, -0.25) is 4.79 Å². The van der Waals surface area contributed by atoms with E-state index in [1.54, 1.807) is 4.90 Å². The van der Waals surface area contributed by atoms with E-state index in [1.807, 2.05) is 54.4 Å². The van der Waals surface area contributed by atoms with Crippen molar-refractivity contribution in [1.82, 2.24) is 5.32 Å². The first kappa shape index (κ1) is 23.2. The first-order valence-corrected chi connectivity index (χ1v) is 11.3. The number of fused-ring (bicyclic) bond motifs is 1. The molecule has 33 heavy (non-hydrogen) atoms. The van der Waals surface area contributed by atoms with Gasteiger partial charge in [0.2, 0.25) is 0 Å². The van der Waals surface area contributed by atoms with Crippen molar-refractivity contribution >= 4 is 28.7 Å². The molecular formula is C24H29F3N4O2. The van der Waals surface area contributed by atoms with Gasteiger partial charge >= 0.3 is 6.18 Å². The maximum atomic E-state index is 12.9. The number of alkyl halides is 3. The van der Waals surface area contributed by atoms with E-state index >= 15 is 0 Å². The van der Waals surface area contributed by atoms with E-state index < -0.39 is 12.1 Å². The second kappa shape index (κ2) is 9.91. The van der Waals surface area contributed by atoms with Gasteiger partial charge in [-0.1, -0.05) is 0 Å². The summed E-state index contributed by atoms with van der Waals surface area (Å²) in [6.07, 6.45) is -2.99. The van der Waals surface area contributed by atoms with Gasteiger partial charge in [0, 0.05) is 42.8 Å². The molecule has 4 rings (SSSR count). The summed E-state index contributed by atoms with van der Waals surface area (Å²) in [7, 11) is 1.88. The molecule has 2 aliphatic heterocycles. The van der Waals surface area contributed by atoms with Gasteiger partial charge in [0.1, 0.15) is 5.75 Å². The molecule has 0 unspecified atom stereocenters. The molecule has 0 aromatic heterocycles. The van der Waals surface area contributed by atoms with Crippen LogP contribution in [0, 0.1) is 5.92 Å². The Labute approximate surface area is 191 Å². The van der Waals surface area contributed by atoms with Crippen LogP contribution >= 0.6 is 0 Å². The highest BCUT2D eigenvalue weighted by molar-refractivity contribution is 5.98. The van der Waals surface area contributed by atoms with E-state index in [1.165, 1.54) is 0 Å². The number of carbonyl (C=O) groups is 1. The topological polar surface area (TPSA) is 56.8 Å². The molecule has 0 atom stereocenters. The number of halogens is 3. The molecule has 9 heteroatoms. The number of amides is 1. The number of hydrogen-bond donors (Lipinski definition) is 2. The summed E-state index contributed by atoms with van der Waals surface area (Å²) in [6, 6.07) is 13.3. The monoisotopic (exact) mass is 462 g/mol. The Morgan fingerprint density at radius 2 is 1.76 bits per heavy atom. The average Bonchev–Trinajstić information content (AvgIpc) is 2.81. The number of nitrogens with one attached hydrogen (secondary N) is 2. The van der Waals surface area contributed by atoms with E-state index in [0.717, 1.165) is 35.7 Å². The fourth-order valence-electron chi connectivity index (χ4n) is 4.33. The highest BCUT2D eigenvalue weighted by atomic mass is 19.4. The van der Waals surface area contributed by atoms with E-state index in [-0.39, 0.29) is 25.4 Å². The smallest absolute Gasteiger partial charge is 0.391 e. The van der Waals surface area contributed by atoms with Crippen LogP contribution in [0.15, 0.2) is 42.5 Å². The first-order chi connectivity index (χ1) is 15.8. The number of piperidine rings is 1. The summed E-state index contributed by atoms with van der Waals surface area (Å²) in [5.41, 5.74) is 3.38. The third-order valence-corrected chi connectivity index (χ3v) is 6.19. The lowest BCUT2D eigenvalue weighted by Crippen LogP contribution is -2.40. The standard InChI is InChI=1S/C24H29F3N4O2/c1-28-11-2-12-31-21-8-5-19(15-22(21)33-16-23(31)32)29-18-3-6-20(7-4-18)30-13-9-17(10-14-30)24(25,26)27/h3-8,15,17,28-29H,2,9-14,16H2,1H3. The molecule has 0 radical (unpaired) electrons. The lowest BCUT2D eigenvalue weighted by Gasteiger charge is -2.34. The van der Waals surface area contributed by atoms with Gasteiger partial charge < -0.3 is 25.2 Å². The predicted molar refractivity (Wildman–Crippen MR) is 124 cm³/mol. The number of ether oxygens (including phenoxy) is 1. The molecule has 1 amide bonds. The van der Waals surface area contributed by atoms with Crippen LogP contribution < -0.4 is 25.2 Å². The van der Waals surface area contributed by atoms with Gasteiger partial charge in [-0.2, -0.15) is 13.2 Å². The third-order valence-electron chi connectivity index (χ3n) is 6.19. The van der Waals surface area contributed by atoms with Crippen LogP contribution in [0.25, 0.3) is 0 Å². The first-order valence-electron chi connectivity index (χ1n) is 11.3. The van der Waals surface area contributed by atoms with Crippen molar-refractivity contribution in [3.63, 3.8) is 0 Å². The molecule has 2 heterocycles. The Balaban J connectivity index is 1.38.